The van der Waals surface area contributed by atoms with Crippen LogP contribution in [0.5, 0.6) is 0 Å². The van der Waals surface area contributed by atoms with Gasteiger partial charge >= 0.3 is 0 Å². The van der Waals surface area contributed by atoms with Gasteiger partial charge in [-0.1, -0.05) is 108 Å². The molecule has 2 aromatic carbocycles. The molecule has 0 saturated carbocycles. The molecule has 1 aliphatic heterocycles. The Bertz CT molecular complexity index is 691. The Kier molecular flexibility index (Phi) is 17.1. The first kappa shape index (κ1) is 27.6. The number of aliphatic imine (C=N–C) groups is 2. The van der Waals surface area contributed by atoms with Crippen LogP contribution in [-0.4, -0.2) is 43.1 Å². The van der Waals surface area contributed by atoms with Crippen molar-refractivity contribution in [3.05, 3.63) is 71.8 Å². The monoisotopic (exact) mass is 409 g/mol. The number of hydrogen-bond acceptors (Lipinski definition) is 3. The maximum atomic E-state index is 4.55. The molecule has 0 bridgehead atoms. The minimum absolute atomic E-state index is 0.931. The van der Waals surface area contributed by atoms with Crippen molar-refractivity contribution in [1.82, 2.24) is 4.90 Å². The normalized spacial score (nSPS) is 12.4. The van der Waals surface area contributed by atoms with Crippen molar-refractivity contribution in [3.8, 4) is 0 Å². The van der Waals surface area contributed by atoms with Gasteiger partial charge in [0.1, 0.15) is 5.84 Å². The van der Waals surface area contributed by atoms with Crippen molar-refractivity contribution >= 4 is 11.5 Å². The Morgan fingerprint density at radius 2 is 1.47 bits per heavy atom. The summed E-state index contributed by atoms with van der Waals surface area (Å²) < 4.78 is 0. The van der Waals surface area contributed by atoms with E-state index in [9.17, 15) is 0 Å². The first-order valence-corrected chi connectivity index (χ1v) is 11.6. The maximum Gasteiger partial charge on any atom is 0.130 e. The van der Waals surface area contributed by atoms with Crippen LogP contribution < -0.4 is 0 Å². The summed E-state index contributed by atoms with van der Waals surface area (Å²) in [4.78, 5) is 11.2. The van der Waals surface area contributed by atoms with Gasteiger partial charge in [0.05, 0.1) is 6.54 Å². The molecule has 0 spiro atoms. The molecule has 0 aromatic heterocycles. The van der Waals surface area contributed by atoms with Gasteiger partial charge < -0.3 is 4.90 Å². The van der Waals surface area contributed by atoms with Crippen molar-refractivity contribution in [2.45, 2.75) is 60.8 Å². The second kappa shape index (κ2) is 18.6. The molecule has 0 saturated heterocycles. The number of amidine groups is 1. The Balaban J connectivity index is 0.000000484. The van der Waals surface area contributed by atoms with Crippen LogP contribution in [0.1, 0.15) is 71.9 Å². The van der Waals surface area contributed by atoms with Gasteiger partial charge in [0.15, 0.2) is 0 Å². The van der Waals surface area contributed by atoms with Gasteiger partial charge in [-0.2, -0.15) is 0 Å². The number of benzene rings is 2. The fraction of sp³-hybridized carbons (Fsp3) is 0.481. The summed E-state index contributed by atoms with van der Waals surface area (Å²) in [6, 6.07) is 20.7. The highest BCUT2D eigenvalue weighted by atomic mass is 15.2. The summed E-state index contributed by atoms with van der Waals surface area (Å²) in [5.74, 6) is 1.12. The van der Waals surface area contributed by atoms with Gasteiger partial charge in [-0.3, -0.25) is 9.98 Å². The summed E-state index contributed by atoms with van der Waals surface area (Å²) >= 11 is 0. The van der Waals surface area contributed by atoms with E-state index in [1.807, 2.05) is 52.0 Å². The van der Waals surface area contributed by atoms with E-state index in [2.05, 4.69) is 72.2 Å². The van der Waals surface area contributed by atoms with Crippen LogP contribution in [-0.2, 0) is 0 Å². The van der Waals surface area contributed by atoms with E-state index in [1.165, 1.54) is 30.4 Å². The topological polar surface area (TPSA) is 28.0 Å². The predicted molar refractivity (Wildman–Crippen MR) is 136 cm³/mol. The van der Waals surface area contributed by atoms with Gasteiger partial charge in [0.25, 0.3) is 0 Å². The third-order valence-electron chi connectivity index (χ3n) is 4.39. The van der Waals surface area contributed by atoms with Crippen LogP contribution in [0, 0.1) is 0 Å². The van der Waals surface area contributed by atoms with E-state index in [0.717, 1.165) is 31.2 Å². The molecule has 3 rings (SSSR count). The van der Waals surface area contributed by atoms with Crippen molar-refractivity contribution in [2.75, 3.05) is 26.7 Å². The average Bonchev–Trinajstić information content (AvgIpc) is 3.27. The first-order chi connectivity index (χ1) is 14.7. The Morgan fingerprint density at radius 1 is 0.900 bits per heavy atom. The molecular weight excluding hydrogens is 366 g/mol. The predicted octanol–water partition coefficient (Wildman–Crippen LogP) is 7.12. The molecule has 2 aromatic rings. The van der Waals surface area contributed by atoms with Crippen LogP contribution in [0.4, 0.5) is 0 Å². The van der Waals surface area contributed by atoms with Crippen LogP contribution in [0.2, 0.25) is 0 Å². The van der Waals surface area contributed by atoms with Crippen molar-refractivity contribution in [3.63, 3.8) is 0 Å². The minimum atomic E-state index is 0.931. The zero-order valence-corrected chi connectivity index (χ0v) is 20.4. The summed E-state index contributed by atoms with van der Waals surface area (Å²) in [5.41, 5.74) is 3.61. The highest BCUT2D eigenvalue weighted by molar-refractivity contribution is 5.99. The third-order valence-corrected chi connectivity index (χ3v) is 4.39. The molecule has 1 aliphatic rings. The zero-order chi connectivity index (χ0) is 22.6. The molecule has 0 radical (unpaired) electrons. The molecule has 166 valence electrons. The van der Waals surface area contributed by atoms with E-state index >= 15 is 0 Å². The number of hydrogen-bond donors (Lipinski definition) is 0. The highest BCUT2D eigenvalue weighted by Gasteiger charge is 2.12. The van der Waals surface area contributed by atoms with E-state index in [0.29, 0.717) is 0 Å². The molecule has 30 heavy (non-hydrogen) atoms. The van der Waals surface area contributed by atoms with Crippen molar-refractivity contribution in [1.29, 1.82) is 0 Å². The lowest BCUT2D eigenvalue weighted by atomic mass is 10.1. The van der Waals surface area contributed by atoms with E-state index in [1.54, 1.807) is 0 Å². The first-order valence-electron chi connectivity index (χ1n) is 11.6. The van der Waals surface area contributed by atoms with Crippen molar-refractivity contribution < 1.29 is 0 Å². The fourth-order valence-corrected chi connectivity index (χ4v) is 2.81. The lowest BCUT2D eigenvalue weighted by Gasteiger charge is -2.12. The number of likely N-dealkylation sites (N-methyl/N-ethyl adjacent to an activating group) is 1. The number of nitrogens with zero attached hydrogens (tertiary/aromatic N) is 3. The standard InChI is InChI=1S/C13H19N.C10H12N2.2C2H6/c1-3-4-8-11-14-12(2)13-9-6-5-7-10-13;1-12-8-7-11-10(12)9-5-3-2-4-6-9;2*1-2/h5-7,9-10H,3-4,8,11H2,1-2H3;2-6H,7-8H2,1H3;2*1-2H3. The third kappa shape index (κ3) is 10.9. The molecular formula is C27H43N3. The van der Waals surface area contributed by atoms with Gasteiger partial charge in [-0.15, -0.1) is 0 Å². The quantitative estimate of drug-likeness (QED) is 0.369. The molecule has 0 atom stereocenters. The Labute approximate surface area is 186 Å². The summed E-state index contributed by atoms with van der Waals surface area (Å²) in [6.45, 7) is 15.2. The molecule has 0 aliphatic carbocycles. The van der Waals surface area contributed by atoms with Crippen LogP contribution in [0.25, 0.3) is 0 Å². The van der Waals surface area contributed by atoms with E-state index in [4.69, 9.17) is 0 Å². The highest BCUT2D eigenvalue weighted by Crippen LogP contribution is 2.08. The Hall–Kier alpha value is -2.42. The summed E-state index contributed by atoms with van der Waals surface area (Å²) in [7, 11) is 2.08. The molecule has 3 nitrogen and oxygen atoms in total. The molecule has 0 N–H and O–H groups in total. The van der Waals surface area contributed by atoms with Gasteiger partial charge in [-0.05, 0) is 18.9 Å². The number of rotatable bonds is 6. The largest absolute Gasteiger partial charge is 0.358 e. The van der Waals surface area contributed by atoms with Crippen molar-refractivity contribution in [2.24, 2.45) is 9.98 Å². The van der Waals surface area contributed by atoms with Gasteiger partial charge in [0, 0.05) is 31.4 Å². The van der Waals surface area contributed by atoms with Gasteiger partial charge in [-0.25, -0.2) is 0 Å². The van der Waals surface area contributed by atoms with Crippen LogP contribution >= 0.6 is 0 Å². The summed E-state index contributed by atoms with van der Waals surface area (Å²) in [5, 5.41) is 0. The zero-order valence-electron chi connectivity index (χ0n) is 20.4. The molecule has 1 heterocycles. The fourth-order valence-electron chi connectivity index (χ4n) is 2.81. The van der Waals surface area contributed by atoms with Crippen LogP contribution in [0.15, 0.2) is 70.6 Å². The van der Waals surface area contributed by atoms with Crippen LogP contribution in [0.3, 0.4) is 0 Å². The lowest BCUT2D eigenvalue weighted by molar-refractivity contribution is 0.557. The summed E-state index contributed by atoms with van der Waals surface area (Å²) in [6.07, 6.45) is 3.76. The maximum absolute atomic E-state index is 4.55. The smallest absolute Gasteiger partial charge is 0.130 e. The number of unbranched alkanes of at least 4 members (excludes halogenated alkanes) is 2. The molecule has 3 heteroatoms. The average molecular weight is 410 g/mol. The SMILES string of the molecule is CC.CC.CCCCCN=C(C)c1ccccc1.CN1CCN=C1c1ccccc1. The molecule has 0 fully saturated rings. The molecule has 0 amide bonds. The molecule has 0 unspecified atom stereocenters. The second-order valence-corrected chi connectivity index (χ2v) is 6.53. The van der Waals surface area contributed by atoms with Gasteiger partial charge in [0.2, 0.25) is 0 Å². The second-order valence-electron chi connectivity index (χ2n) is 6.53. The van der Waals surface area contributed by atoms with E-state index in [-0.39, 0.29) is 0 Å². The minimum Gasteiger partial charge on any atom is -0.358 e. The Morgan fingerprint density at radius 3 is 1.97 bits per heavy atom. The lowest BCUT2D eigenvalue weighted by Crippen LogP contribution is -2.23. The van der Waals surface area contributed by atoms with E-state index < -0.39 is 0 Å².